The minimum atomic E-state index is -0.446. The molecule has 2 aromatic heterocycles. The van der Waals surface area contributed by atoms with Gasteiger partial charge in [0.1, 0.15) is 16.5 Å². The van der Waals surface area contributed by atoms with Crippen molar-refractivity contribution < 1.29 is 4.79 Å². The van der Waals surface area contributed by atoms with Gasteiger partial charge in [-0.1, -0.05) is 16.1 Å². The zero-order chi connectivity index (χ0) is 12.3. The van der Waals surface area contributed by atoms with Crippen LogP contribution in [0.4, 0.5) is 10.8 Å². The Morgan fingerprint density at radius 2 is 2.29 bits per heavy atom. The fraction of sp³-hybridized carbons (Fsp3) is 0. The van der Waals surface area contributed by atoms with Gasteiger partial charge in [0.25, 0.3) is 5.91 Å². The van der Waals surface area contributed by atoms with E-state index in [4.69, 9.17) is 17.4 Å². The van der Waals surface area contributed by atoms with Gasteiger partial charge in [-0.25, -0.2) is 10.8 Å². The van der Waals surface area contributed by atoms with Crippen LogP contribution in [0.3, 0.4) is 0 Å². The molecule has 2 heterocycles. The van der Waals surface area contributed by atoms with Gasteiger partial charge < -0.3 is 10.7 Å². The normalized spacial score (nSPS) is 10.0. The molecule has 2 rings (SSSR count). The molecule has 17 heavy (non-hydrogen) atoms. The lowest BCUT2D eigenvalue weighted by Gasteiger charge is -2.05. The number of nitrogen functional groups attached to an aromatic ring is 1. The number of amides is 1. The summed E-state index contributed by atoms with van der Waals surface area (Å²) in [5.41, 5.74) is 2.42. The van der Waals surface area contributed by atoms with Crippen LogP contribution >= 0.6 is 23.1 Å². The van der Waals surface area contributed by atoms with Crippen LogP contribution in [-0.2, 0) is 0 Å². The molecule has 0 bridgehead atoms. The number of halogens is 1. The second-order valence-electron chi connectivity index (χ2n) is 2.91. The Morgan fingerprint density at radius 3 is 2.94 bits per heavy atom. The third kappa shape index (κ3) is 2.67. The van der Waals surface area contributed by atoms with Crippen molar-refractivity contribution in [3.05, 3.63) is 29.0 Å². The maximum atomic E-state index is 11.8. The highest BCUT2D eigenvalue weighted by Gasteiger charge is 2.14. The van der Waals surface area contributed by atoms with E-state index in [1.807, 2.05) is 0 Å². The summed E-state index contributed by atoms with van der Waals surface area (Å²) >= 11 is 6.93. The van der Waals surface area contributed by atoms with E-state index in [1.54, 1.807) is 6.07 Å². The van der Waals surface area contributed by atoms with E-state index in [2.05, 4.69) is 25.3 Å². The van der Waals surface area contributed by atoms with Crippen LogP contribution in [-0.4, -0.2) is 20.5 Å². The monoisotopic (exact) mass is 270 g/mol. The molecular formula is C8H7ClN6OS. The van der Waals surface area contributed by atoms with Crippen LogP contribution in [0, 0.1) is 0 Å². The number of hydrazine groups is 1. The summed E-state index contributed by atoms with van der Waals surface area (Å²) in [4.78, 5) is 15.8. The maximum absolute atomic E-state index is 11.8. The minimum absolute atomic E-state index is 0.0792. The molecule has 88 valence electrons. The second-order valence-corrected chi connectivity index (χ2v) is 4.10. The molecule has 0 saturated carbocycles. The summed E-state index contributed by atoms with van der Waals surface area (Å²) in [7, 11) is 0. The Kier molecular flexibility index (Phi) is 3.47. The van der Waals surface area contributed by atoms with Gasteiger partial charge in [0.2, 0.25) is 0 Å². The number of nitrogens with one attached hydrogen (secondary N) is 2. The molecule has 0 atom stereocenters. The molecule has 0 aliphatic carbocycles. The van der Waals surface area contributed by atoms with Crippen LogP contribution in [0.25, 0.3) is 0 Å². The van der Waals surface area contributed by atoms with Gasteiger partial charge in [0.05, 0.1) is 11.2 Å². The standard InChI is InChI=1S/C8H7ClN6OS/c9-4-1-2-5(14-10)12-7(4)8(16)13-6-3-11-15-17-6/h1-3H,10H2,(H,12,14)(H,13,16). The number of pyridine rings is 1. The third-order valence-electron chi connectivity index (χ3n) is 1.81. The zero-order valence-corrected chi connectivity index (χ0v) is 9.92. The van der Waals surface area contributed by atoms with Crippen LogP contribution in [0.5, 0.6) is 0 Å². The van der Waals surface area contributed by atoms with Crippen LogP contribution in [0.15, 0.2) is 18.3 Å². The molecule has 0 aromatic carbocycles. The van der Waals surface area contributed by atoms with Crippen molar-refractivity contribution in [2.24, 2.45) is 5.84 Å². The van der Waals surface area contributed by atoms with Crippen molar-refractivity contribution in [1.82, 2.24) is 14.6 Å². The lowest BCUT2D eigenvalue weighted by Crippen LogP contribution is -2.16. The number of hydrogen-bond acceptors (Lipinski definition) is 7. The Balaban J connectivity index is 2.24. The number of carbonyl (C=O) groups is 1. The van der Waals surface area contributed by atoms with E-state index < -0.39 is 5.91 Å². The molecule has 4 N–H and O–H groups in total. The van der Waals surface area contributed by atoms with E-state index in [1.165, 1.54) is 12.3 Å². The quantitative estimate of drug-likeness (QED) is 0.570. The van der Waals surface area contributed by atoms with Gasteiger partial charge in [-0.15, -0.1) is 5.10 Å². The first-order valence-electron chi connectivity index (χ1n) is 4.42. The molecule has 0 aliphatic heterocycles. The van der Waals surface area contributed by atoms with E-state index in [0.717, 1.165) is 11.5 Å². The van der Waals surface area contributed by atoms with Gasteiger partial charge in [0, 0.05) is 11.5 Å². The van der Waals surface area contributed by atoms with Crippen molar-refractivity contribution in [1.29, 1.82) is 0 Å². The van der Waals surface area contributed by atoms with Gasteiger partial charge in [-0.2, -0.15) is 0 Å². The van der Waals surface area contributed by atoms with Crippen molar-refractivity contribution in [2.75, 3.05) is 10.7 Å². The van der Waals surface area contributed by atoms with Crippen LogP contribution < -0.4 is 16.6 Å². The number of carbonyl (C=O) groups excluding carboxylic acids is 1. The minimum Gasteiger partial charge on any atom is -0.310 e. The van der Waals surface area contributed by atoms with Gasteiger partial charge in [-0.05, 0) is 12.1 Å². The Hall–Kier alpha value is -1.77. The molecule has 7 nitrogen and oxygen atoms in total. The smallest absolute Gasteiger partial charge is 0.276 e. The topological polar surface area (TPSA) is 106 Å². The van der Waals surface area contributed by atoms with E-state index in [-0.39, 0.29) is 10.7 Å². The molecule has 0 fully saturated rings. The highest BCUT2D eigenvalue weighted by atomic mass is 35.5. The summed E-state index contributed by atoms with van der Waals surface area (Å²) in [5.74, 6) is 5.10. The number of nitrogens with two attached hydrogens (primary N) is 1. The summed E-state index contributed by atoms with van der Waals surface area (Å²) in [5, 5.41) is 6.91. The molecule has 0 spiro atoms. The molecular weight excluding hydrogens is 264 g/mol. The number of hydrogen-bond donors (Lipinski definition) is 3. The van der Waals surface area contributed by atoms with Crippen molar-refractivity contribution in [3.8, 4) is 0 Å². The largest absolute Gasteiger partial charge is 0.310 e. The second kappa shape index (κ2) is 5.04. The summed E-state index contributed by atoms with van der Waals surface area (Å²) in [6.45, 7) is 0. The molecule has 0 unspecified atom stereocenters. The third-order valence-corrected chi connectivity index (χ3v) is 2.69. The number of rotatable bonds is 3. The fourth-order valence-corrected chi connectivity index (χ4v) is 1.68. The SMILES string of the molecule is NNc1ccc(Cl)c(C(=O)Nc2cnns2)n1. The first-order valence-corrected chi connectivity index (χ1v) is 5.57. The summed E-state index contributed by atoms with van der Waals surface area (Å²) < 4.78 is 3.62. The number of nitrogens with zero attached hydrogens (tertiary/aromatic N) is 3. The zero-order valence-electron chi connectivity index (χ0n) is 8.35. The average molecular weight is 271 g/mol. The number of aromatic nitrogens is 3. The molecule has 0 radical (unpaired) electrons. The van der Waals surface area contributed by atoms with E-state index in [0.29, 0.717) is 10.8 Å². The molecule has 0 aliphatic rings. The Labute approximate surface area is 105 Å². The maximum Gasteiger partial charge on any atom is 0.276 e. The van der Waals surface area contributed by atoms with Crippen LogP contribution in [0.2, 0.25) is 5.02 Å². The molecule has 1 amide bonds. The Morgan fingerprint density at radius 1 is 1.47 bits per heavy atom. The predicted octanol–water partition coefficient (Wildman–Crippen LogP) is 1.12. The van der Waals surface area contributed by atoms with Crippen molar-refractivity contribution >= 4 is 39.9 Å². The Bertz CT molecular complexity index is 531. The van der Waals surface area contributed by atoms with Gasteiger partial charge >= 0.3 is 0 Å². The van der Waals surface area contributed by atoms with Gasteiger partial charge in [-0.3, -0.25) is 4.79 Å². The van der Waals surface area contributed by atoms with Crippen molar-refractivity contribution in [3.63, 3.8) is 0 Å². The predicted molar refractivity (Wildman–Crippen MR) is 64.9 cm³/mol. The fourth-order valence-electron chi connectivity index (χ4n) is 1.08. The molecule has 9 heteroatoms. The van der Waals surface area contributed by atoms with E-state index >= 15 is 0 Å². The number of anilines is 2. The summed E-state index contributed by atoms with van der Waals surface area (Å²) in [6.07, 6.45) is 1.43. The highest BCUT2D eigenvalue weighted by Crippen LogP contribution is 2.18. The van der Waals surface area contributed by atoms with E-state index in [9.17, 15) is 4.79 Å². The lowest BCUT2D eigenvalue weighted by atomic mass is 10.3. The average Bonchev–Trinajstić information content (AvgIpc) is 2.82. The first kappa shape index (κ1) is 11.7. The lowest BCUT2D eigenvalue weighted by molar-refractivity contribution is 0.102. The molecule has 2 aromatic rings. The van der Waals surface area contributed by atoms with Crippen LogP contribution in [0.1, 0.15) is 10.5 Å². The summed E-state index contributed by atoms with van der Waals surface area (Å²) in [6, 6.07) is 3.09. The molecule has 0 saturated heterocycles. The highest BCUT2D eigenvalue weighted by molar-refractivity contribution is 7.10. The first-order chi connectivity index (χ1) is 8.20. The van der Waals surface area contributed by atoms with Gasteiger partial charge in [0.15, 0.2) is 0 Å². The van der Waals surface area contributed by atoms with Crippen molar-refractivity contribution in [2.45, 2.75) is 0 Å².